The molecule has 0 unspecified atom stereocenters. The van der Waals surface area contributed by atoms with Crippen molar-refractivity contribution in [1.29, 1.82) is 0 Å². The van der Waals surface area contributed by atoms with Crippen molar-refractivity contribution < 1.29 is 4.79 Å². The van der Waals surface area contributed by atoms with Crippen molar-refractivity contribution in [3.63, 3.8) is 0 Å². The van der Waals surface area contributed by atoms with Gasteiger partial charge in [-0.2, -0.15) is 0 Å². The van der Waals surface area contributed by atoms with E-state index in [4.69, 9.17) is 0 Å². The number of ketones is 1. The first-order valence-electron chi connectivity index (χ1n) is 6.39. The summed E-state index contributed by atoms with van der Waals surface area (Å²) < 4.78 is 1.86. The Morgan fingerprint density at radius 2 is 2.05 bits per heavy atom. The van der Waals surface area contributed by atoms with Gasteiger partial charge in [-0.1, -0.05) is 0 Å². The maximum absolute atomic E-state index is 12.1. The van der Waals surface area contributed by atoms with Crippen molar-refractivity contribution in [2.45, 2.75) is 6.42 Å². The van der Waals surface area contributed by atoms with E-state index in [1.54, 1.807) is 12.4 Å². The molecule has 0 radical (unpaired) electrons. The average Bonchev–Trinajstić information content (AvgIpc) is 2.84. The van der Waals surface area contributed by atoms with E-state index in [1.807, 2.05) is 49.1 Å². The molecule has 2 rings (SSSR count). The number of carbonyl (C=O) groups is 1. The SMILES string of the molecule is CN(CCc1ccncc1)CC(=O)c1cccn1C. The number of hydrogen-bond acceptors (Lipinski definition) is 3. The fraction of sp³-hybridized carbons (Fsp3) is 0.333. The number of likely N-dealkylation sites (N-methyl/N-ethyl adjacent to an activating group) is 1. The van der Waals surface area contributed by atoms with Gasteiger partial charge in [0.05, 0.1) is 12.2 Å². The Morgan fingerprint density at radius 1 is 1.32 bits per heavy atom. The van der Waals surface area contributed by atoms with Gasteiger partial charge in [0.15, 0.2) is 5.78 Å². The van der Waals surface area contributed by atoms with Gasteiger partial charge < -0.3 is 4.57 Å². The van der Waals surface area contributed by atoms with E-state index in [0.717, 1.165) is 18.7 Å². The molecule has 0 saturated heterocycles. The number of aromatic nitrogens is 2. The summed E-state index contributed by atoms with van der Waals surface area (Å²) in [7, 11) is 3.87. The molecule has 0 bridgehead atoms. The van der Waals surface area contributed by atoms with Crippen LogP contribution in [0, 0.1) is 0 Å². The van der Waals surface area contributed by atoms with Crippen molar-refractivity contribution in [1.82, 2.24) is 14.5 Å². The van der Waals surface area contributed by atoms with Crippen LogP contribution in [0.1, 0.15) is 16.1 Å². The molecule has 0 fully saturated rings. The summed E-state index contributed by atoms with van der Waals surface area (Å²) in [6.07, 6.45) is 6.42. The van der Waals surface area contributed by atoms with Gasteiger partial charge >= 0.3 is 0 Å². The smallest absolute Gasteiger partial charge is 0.193 e. The number of Topliss-reactive ketones (excluding diaryl/α,β-unsaturated/α-hetero) is 1. The molecule has 0 aliphatic heterocycles. The molecule has 0 spiro atoms. The second kappa shape index (κ2) is 6.29. The van der Waals surface area contributed by atoms with E-state index in [2.05, 4.69) is 9.88 Å². The van der Waals surface area contributed by atoms with E-state index in [-0.39, 0.29) is 5.78 Å². The molecule has 0 aliphatic carbocycles. The Hall–Kier alpha value is -1.94. The molecular weight excluding hydrogens is 238 g/mol. The first-order chi connectivity index (χ1) is 9.16. The van der Waals surface area contributed by atoms with Crippen LogP contribution in [-0.4, -0.2) is 40.4 Å². The Bertz CT molecular complexity index is 533. The highest BCUT2D eigenvalue weighted by molar-refractivity contribution is 5.96. The van der Waals surface area contributed by atoms with E-state index >= 15 is 0 Å². The van der Waals surface area contributed by atoms with Gasteiger partial charge in [0, 0.05) is 32.2 Å². The minimum Gasteiger partial charge on any atom is -0.348 e. The van der Waals surface area contributed by atoms with Gasteiger partial charge in [0.1, 0.15) is 0 Å². The monoisotopic (exact) mass is 257 g/mol. The summed E-state index contributed by atoms with van der Waals surface area (Å²) in [5.41, 5.74) is 2.00. The molecular formula is C15H19N3O. The van der Waals surface area contributed by atoms with E-state index in [0.29, 0.717) is 6.54 Å². The standard InChI is InChI=1S/C15H19N3O/c1-17(11-7-13-5-8-16-9-6-13)12-15(19)14-4-3-10-18(14)2/h3-6,8-10H,7,11-12H2,1-2H3. The highest BCUT2D eigenvalue weighted by Gasteiger charge is 2.11. The van der Waals surface area contributed by atoms with Crippen LogP contribution in [0.15, 0.2) is 42.9 Å². The first-order valence-corrected chi connectivity index (χ1v) is 6.39. The molecule has 4 heteroatoms. The molecule has 4 nitrogen and oxygen atoms in total. The summed E-state index contributed by atoms with van der Waals surface area (Å²) in [5, 5.41) is 0. The molecule has 0 N–H and O–H groups in total. The van der Waals surface area contributed by atoms with E-state index < -0.39 is 0 Å². The van der Waals surface area contributed by atoms with Crippen molar-refractivity contribution in [3.05, 3.63) is 54.1 Å². The molecule has 2 aromatic rings. The van der Waals surface area contributed by atoms with Gasteiger partial charge in [-0.25, -0.2) is 0 Å². The normalized spacial score (nSPS) is 10.9. The van der Waals surface area contributed by atoms with Gasteiger partial charge in [0.2, 0.25) is 0 Å². The summed E-state index contributed by atoms with van der Waals surface area (Å²) in [4.78, 5) is 18.1. The average molecular weight is 257 g/mol. The number of pyridine rings is 1. The van der Waals surface area contributed by atoms with Crippen LogP contribution in [0.25, 0.3) is 0 Å². The lowest BCUT2D eigenvalue weighted by Gasteiger charge is -2.15. The molecule has 2 heterocycles. The van der Waals surface area contributed by atoms with Gasteiger partial charge in [-0.3, -0.25) is 14.7 Å². The Morgan fingerprint density at radius 3 is 2.68 bits per heavy atom. The first kappa shape index (κ1) is 13.5. The summed E-state index contributed by atoms with van der Waals surface area (Å²) in [5.74, 6) is 0.157. The maximum atomic E-state index is 12.1. The third-order valence-electron chi connectivity index (χ3n) is 3.17. The summed E-state index contributed by atoms with van der Waals surface area (Å²) in [6, 6.07) is 7.77. The lowest BCUT2D eigenvalue weighted by atomic mass is 10.2. The molecule has 0 atom stereocenters. The molecule has 0 aromatic carbocycles. The lowest BCUT2D eigenvalue weighted by molar-refractivity contribution is 0.0939. The summed E-state index contributed by atoms with van der Waals surface area (Å²) >= 11 is 0. The van der Waals surface area contributed by atoms with Crippen molar-refractivity contribution >= 4 is 5.78 Å². The van der Waals surface area contributed by atoms with Crippen molar-refractivity contribution in [3.8, 4) is 0 Å². The van der Waals surface area contributed by atoms with Crippen LogP contribution in [-0.2, 0) is 13.5 Å². The zero-order chi connectivity index (χ0) is 13.7. The highest BCUT2D eigenvalue weighted by atomic mass is 16.1. The molecule has 2 aromatic heterocycles. The van der Waals surface area contributed by atoms with Crippen LogP contribution >= 0.6 is 0 Å². The molecule has 100 valence electrons. The molecule has 0 saturated carbocycles. The predicted molar refractivity (Wildman–Crippen MR) is 75.2 cm³/mol. The predicted octanol–water partition coefficient (Wildman–Crippen LogP) is 1.78. The lowest BCUT2D eigenvalue weighted by Crippen LogP contribution is -2.28. The van der Waals surface area contributed by atoms with Crippen molar-refractivity contribution in [2.75, 3.05) is 20.1 Å². The zero-order valence-electron chi connectivity index (χ0n) is 11.4. The number of hydrogen-bond donors (Lipinski definition) is 0. The van der Waals surface area contributed by atoms with Crippen molar-refractivity contribution in [2.24, 2.45) is 7.05 Å². The van der Waals surface area contributed by atoms with E-state index in [9.17, 15) is 4.79 Å². The summed E-state index contributed by atoms with van der Waals surface area (Å²) in [6.45, 7) is 1.31. The van der Waals surface area contributed by atoms with Gasteiger partial charge in [-0.15, -0.1) is 0 Å². The number of nitrogens with zero attached hydrogens (tertiary/aromatic N) is 3. The Balaban J connectivity index is 1.83. The molecule has 0 amide bonds. The van der Waals surface area contributed by atoms with Gasteiger partial charge in [-0.05, 0) is 43.3 Å². The maximum Gasteiger partial charge on any atom is 0.193 e. The number of aryl methyl sites for hydroxylation is 1. The Labute approximate surface area is 113 Å². The third-order valence-corrected chi connectivity index (χ3v) is 3.17. The van der Waals surface area contributed by atoms with E-state index in [1.165, 1.54) is 5.56 Å². The fourth-order valence-electron chi connectivity index (χ4n) is 2.03. The quantitative estimate of drug-likeness (QED) is 0.740. The molecule has 0 aliphatic rings. The Kier molecular flexibility index (Phi) is 4.47. The second-order valence-corrected chi connectivity index (χ2v) is 4.77. The fourth-order valence-corrected chi connectivity index (χ4v) is 2.03. The topological polar surface area (TPSA) is 38.1 Å². The second-order valence-electron chi connectivity index (χ2n) is 4.77. The highest BCUT2D eigenvalue weighted by Crippen LogP contribution is 2.03. The molecule has 19 heavy (non-hydrogen) atoms. The minimum absolute atomic E-state index is 0.157. The number of rotatable bonds is 6. The minimum atomic E-state index is 0.157. The third kappa shape index (κ3) is 3.76. The largest absolute Gasteiger partial charge is 0.348 e. The van der Waals surface area contributed by atoms with Crippen LogP contribution in [0.2, 0.25) is 0 Å². The van der Waals surface area contributed by atoms with Crippen LogP contribution < -0.4 is 0 Å². The van der Waals surface area contributed by atoms with Crippen LogP contribution in [0.5, 0.6) is 0 Å². The zero-order valence-corrected chi connectivity index (χ0v) is 11.4. The van der Waals surface area contributed by atoms with Gasteiger partial charge in [0.25, 0.3) is 0 Å². The van der Waals surface area contributed by atoms with Crippen LogP contribution in [0.4, 0.5) is 0 Å². The van der Waals surface area contributed by atoms with Crippen LogP contribution in [0.3, 0.4) is 0 Å². The number of carbonyl (C=O) groups excluding carboxylic acids is 1.